The van der Waals surface area contributed by atoms with E-state index in [0.29, 0.717) is 36.9 Å². The Bertz CT molecular complexity index is 1180. The molecular weight excluding hydrogens is 466 g/mol. The van der Waals surface area contributed by atoms with Crippen LogP contribution in [0.1, 0.15) is 48.7 Å². The van der Waals surface area contributed by atoms with Gasteiger partial charge in [0.2, 0.25) is 0 Å². The lowest BCUT2D eigenvalue weighted by molar-refractivity contribution is -0.0164. The number of halogens is 1. The van der Waals surface area contributed by atoms with Crippen LogP contribution < -0.4 is 4.90 Å². The lowest BCUT2D eigenvalue weighted by Crippen LogP contribution is -2.43. The third-order valence-electron chi connectivity index (χ3n) is 7.71. The van der Waals surface area contributed by atoms with Crippen molar-refractivity contribution >= 4 is 34.2 Å². The zero-order valence-electron chi connectivity index (χ0n) is 20.2. The number of aromatic amines is 1. The molecule has 0 spiro atoms. The number of carbonyl (C=O) groups excluding carboxylic acids is 1. The summed E-state index contributed by atoms with van der Waals surface area (Å²) in [7, 11) is 0. The van der Waals surface area contributed by atoms with Crippen LogP contribution in [-0.2, 0) is 4.74 Å². The molecule has 35 heavy (non-hydrogen) atoms. The number of anilines is 1. The number of aromatic nitrogens is 3. The van der Waals surface area contributed by atoms with Gasteiger partial charge in [0.05, 0.1) is 36.6 Å². The van der Waals surface area contributed by atoms with Gasteiger partial charge in [-0.25, -0.2) is 4.98 Å². The highest BCUT2D eigenvalue weighted by Crippen LogP contribution is 2.46. The van der Waals surface area contributed by atoms with Crippen molar-refractivity contribution in [3.05, 3.63) is 52.8 Å². The molecule has 3 aromatic rings. The highest BCUT2D eigenvalue weighted by atomic mass is 35.5. The van der Waals surface area contributed by atoms with Crippen LogP contribution in [-0.4, -0.2) is 70.5 Å². The van der Waals surface area contributed by atoms with Crippen LogP contribution in [0, 0.1) is 11.3 Å². The number of carbonyl (C=O) groups is 1. The number of aliphatic hydroxyl groups excluding tert-OH is 1. The topological polar surface area (TPSA) is 94.6 Å². The summed E-state index contributed by atoms with van der Waals surface area (Å²) < 4.78 is 5.40. The Hall–Kier alpha value is -2.68. The van der Waals surface area contributed by atoms with Gasteiger partial charge >= 0.3 is 0 Å². The average Bonchev–Trinajstić information content (AvgIpc) is 3.36. The van der Waals surface area contributed by atoms with Gasteiger partial charge in [-0.2, -0.15) is 5.10 Å². The molecule has 1 unspecified atom stereocenters. The van der Waals surface area contributed by atoms with Crippen LogP contribution >= 0.6 is 11.6 Å². The minimum absolute atomic E-state index is 0.0110. The van der Waals surface area contributed by atoms with Gasteiger partial charge < -0.3 is 19.6 Å². The predicted molar refractivity (Wildman–Crippen MR) is 136 cm³/mol. The maximum absolute atomic E-state index is 13.1. The zero-order valence-corrected chi connectivity index (χ0v) is 21.0. The molecule has 2 aliphatic heterocycles. The molecule has 0 aliphatic carbocycles. The SMILES string of the molecule is CC(C)(C1CCN(C(=O)c2ccc(N3CCOCC3)nc2)CC1)C(O)c1cc(Cl)cc2cn[nH]c12. The molecule has 2 saturated heterocycles. The van der Waals surface area contributed by atoms with E-state index in [9.17, 15) is 9.90 Å². The first-order valence-electron chi connectivity index (χ1n) is 12.2. The number of H-pyrrole nitrogens is 1. The van der Waals surface area contributed by atoms with E-state index in [0.717, 1.165) is 48.2 Å². The summed E-state index contributed by atoms with van der Waals surface area (Å²) in [5, 5.41) is 20.0. The number of benzene rings is 1. The molecule has 8 nitrogen and oxygen atoms in total. The van der Waals surface area contributed by atoms with Gasteiger partial charge in [0.1, 0.15) is 5.82 Å². The number of morpholine rings is 1. The van der Waals surface area contributed by atoms with Crippen LogP contribution in [0.4, 0.5) is 5.82 Å². The first-order valence-corrected chi connectivity index (χ1v) is 12.6. The maximum Gasteiger partial charge on any atom is 0.255 e. The van der Waals surface area contributed by atoms with Crippen LogP contribution in [0.3, 0.4) is 0 Å². The van der Waals surface area contributed by atoms with Crippen LogP contribution in [0.5, 0.6) is 0 Å². The monoisotopic (exact) mass is 497 g/mol. The summed E-state index contributed by atoms with van der Waals surface area (Å²) in [6.07, 6.45) is 4.33. The lowest BCUT2D eigenvalue weighted by Gasteiger charge is -2.43. The van der Waals surface area contributed by atoms with Gasteiger partial charge in [-0.05, 0) is 48.4 Å². The lowest BCUT2D eigenvalue weighted by atomic mass is 9.68. The molecule has 2 aromatic heterocycles. The van der Waals surface area contributed by atoms with E-state index in [1.54, 1.807) is 12.4 Å². The van der Waals surface area contributed by atoms with Crippen molar-refractivity contribution in [2.24, 2.45) is 11.3 Å². The fraction of sp³-hybridized carbons (Fsp3) is 0.500. The third kappa shape index (κ3) is 4.75. The number of piperidine rings is 1. The van der Waals surface area contributed by atoms with Crippen molar-refractivity contribution in [1.29, 1.82) is 0 Å². The molecule has 0 radical (unpaired) electrons. The summed E-state index contributed by atoms with van der Waals surface area (Å²) in [5.41, 5.74) is 1.79. The van der Waals surface area contributed by atoms with E-state index in [4.69, 9.17) is 16.3 Å². The minimum Gasteiger partial charge on any atom is -0.388 e. The second kappa shape index (κ2) is 9.76. The molecule has 9 heteroatoms. The maximum atomic E-state index is 13.1. The van der Waals surface area contributed by atoms with E-state index in [1.165, 1.54) is 0 Å². The largest absolute Gasteiger partial charge is 0.388 e. The highest BCUT2D eigenvalue weighted by molar-refractivity contribution is 6.31. The number of likely N-dealkylation sites (tertiary alicyclic amines) is 1. The smallest absolute Gasteiger partial charge is 0.255 e. The molecule has 4 heterocycles. The fourth-order valence-electron chi connectivity index (χ4n) is 5.39. The van der Waals surface area contributed by atoms with E-state index in [1.807, 2.05) is 29.2 Å². The van der Waals surface area contributed by atoms with Crippen molar-refractivity contribution in [2.75, 3.05) is 44.3 Å². The normalized spacial score (nSPS) is 18.7. The molecule has 0 bridgehead atoms. The summed E-state index contributed by atoms with van der Waals surface area (Å²) in [6.45, 7) is 8.53. The Kier molecular flexibility index (Phi) is 6.70. The number of nitrogens with one attached hydrogen (secondary N) is 1. The third-order valence-corrected chi connectivity index (χ3v) is 7.93. The first kappa shape index (κ1) is 24.0. The number of hydrogen-bond acceptors (Lipinski definition) is 6. The molecule has 186 valence electrons. The van der Waals surface area contributed by atoms with Gasteiger partial charge in [0.15, 0.2) is 0 Å². The molecule has 1 atom stereocenters. The number of amides is 1. The van der Waals surface area contributed by atoms with Crippen molar-refractivity contribution in [3.63, 3.8) is 0 Å². The minimum atomic E-state index is -0.715. The zero-order chi connectivity index (χ0) is 24.6. The van der Waals surface area contributed by atoms with Crippen molar-refractivity contribution < 1.29 is 14.6 Å². The number of fused-ring (bicyclic) bond motifs is 1. The molecule has 5 rings (SSSR count). The predicted octanol–water partition coefficient (Wildman–Crippen LogP) is 4.06. The summed E-state index contributed by atoms with van der Waals surface area (Å²) in [5.74, 6) is 1.14. The summed E-state index contributed by atoms with van der Waals surface area (Å²) >= 11 is 6.32. The molecule has 2 fully saturated rings. The van der Waals surface area contributed by atoms with Crippen LogP contribution in [0.25, 0.3) is 10.9 Å². The molecule has 2 N–H and O–H groups in total. The van der Waals surface area contributed by atoms with Gasteiger partial charge in [-0.1, -0.05) is 25.4 Å². The highest BCUT2D eigenvalue weighted by Gasteiger charge is 2.40. The Morgan fingerprint density at radius 3 is 2.60 bits per heavy atom. The van der Waals surface area contributed by atoms with Crippen molar-refractivity contribution in [3.8, 4) is 0 Å². The second-order valence-corrected chi connectivity index (χ2v) is 10.6. The number of pyridine rings is 1. The van der Waals surface area contributed by atoms with E-state index in [-0.39, 0.29) is 11.8 Å². The summed E-state index contributed by atoms with van der Waals surface area (Å²) in [6, 6.07) is 7.46. The molecule has 2 aliphatic rings. The number of nitrogens with zero attached hydrogens (tertiary/aromatic N) is 4. The average molecular weight is 498 g/mol. The van der Waals surface area contributed by atoms with E-state index in [2.05, 4.69) is 33.9 Å². The number of rotatable bonds is 5. The van der Waals surface area contributed by atoms with E-state index >= 15 is 0 Å². The standard InChI is InChI=1S/C26H32ClN5O3/c1-26(2,24(33)21-14-20(27)13-18-16-29-30-23(18)21)19-5-7-32(8-6-19)25(34)17-3-4-22(28-15-17)31-9-11-35-12-10-31/h3-4,13-16,19,24,33H,5-12H2,1-2H3,(H,29,30). The fourth-order valence-corrected chi connectivity index (χ4v) is 5.62. The Morgan fingerprint density at radius 2 is 1.91 bits per heavy atom. The Morgan fingerprint density at radius 1 is 1.17 bits per heavy atom. The number of hydrogen-bond donors (Lipinski definition) is 2. The van der Waals surface area contributed by atoms with Gasteiger partial charge in [-0.3, -0.25) is 9.89 Å². The van der Waals surface area contributed by atoms with Crippen LogP contribution in [0.2, 0.25) is 5.02 Å². The quantitative estimate of drug-likeness (QED) is 0.552. The Balaban J connectivity index is 1.23. The van der Waals surface area contributed by atoms with Crippen molar-refractivity contribution in [2.45, 2.75) is 32.8 Å². The van der Waals surface area contributed by atoms with Crippen LogP contribution in [0.15, 0.2) is 36.7 Å². The number of aliphatic hydroxyl groups is 1. The molecule has 1 aromatic carbocycles. The van der Waals surface area contributed by atoms with Crippen molar-refractivity contribution in [1.82, 2.24) is 20.1 Å². The summed E-state index contributed by atoms with van der Waals surface area (Å²) in [4.78, 5) is 21.7. The number of ether oxygens (including phenoxy) is 1. The van der Waals surface area contributed by atoms with Gasteiger partial charge in [0.25, 0.3) is 5.91 Å². The van der Waals surface area contributed by atoms with Gasteiger partial charge in [-0.15, -0.1) is 0 Å². The molecule has 0 saturated carbocycles. The second-order valence-electron chi connectivity index (χ2n) is 10.1. The molecule has 1 amide bonds. The van der Waals surface area contributed by atoms with E-state index < -0.39 is 11.5 Å². The molecular formula is C26H32ClN5O3. The Labute approximate surface area is 210 Å². The van der Waals surface area contributed by atoms with Gasteiger partial charge in [0, 0.05) is 48.3 Å². The first-order chi connectivity index (χ1) is 16.8.